The molecule has 0 saturated carbocycles. The topological polar surface area (TPSA) is 55.5 Å². The maximum Gasteiger partial charge on any atom is 0.0912 e. The smallest absolute Gasteiger partial charge is 0.0912 e. The first-order valence-electron chi connectivity index (χ1n) is 4.34. The molecule has 3 N–H and O–H groups in total. The summed E-state index contributed by atoms with van der Waals surface area (Å²) in [6.07, 6.45) is -0.595. The van der Waals surface area contributed by atoms with Crippen LogP contribution in [0.15, 0.2) is 22.7 Å². The minimum absolute atomic E-state index is 0.232. The lowest BCUT2D eigenvalue weighted by molar-refractivity contribution is 0.182. The van der Waals surface area contributed by atoms with Crippen LogP contribution in [0.4, 0.5) is 0 Å². The van der Waals surface area contributed by atoms with Gasteiger partial charge in [-0.1, -0.05) is 28.1 Å². The first-order chi connectivity index (χ1) is 6.69. The monoisotopic (exact) mass is 259 g/mol. The van der Waals surface area contributed by atoms with Crippen LogP contribution in [-0.2, 0) is 11.3 Å². The Hall–Kier alpha value is -0.420. The molecule has 0 aliphatic heterocycles. The quantitative estimate of drug-likeness (QED) is 0.864. The van der Waals surface area contributed by atoms with Crippen molar-refractivity contribution in [2.24, 2.45) is 5.73 Å². The van der Waals surface area contributed by atoms with Crippen LogP contribution in [0, 0.1) is 0 Å². The molecule has 0 spiro atoms. The molecule has 0 heterocycles. The molecule has 4 heteroatoms. The second-order valence-corrected chi connectivity index (χ2v) is 3.89. The SMILES string of the molecule is COCc1ccc(C(O)CN)cc1Br. The van der Waals surface area contributed by atoms with Crippen LogP contribution in [-0.4, -0.2) is 18.8 Å². The number of ether oxygens (including phenoxy) is 1. The van der Waals surface area contributed by atoms with Gasteiger partial charge in [-0.05, 0) is 17.2 Å². The highest BCUT2D eigenvalue weighted by atomic mass is 79.9. The van der Waals surface area contributed by atoms with E-state index in [4.69, 9.17) is 10.5 Å². The van der Waals surface area contributed by atoms with Crippen LogP contribution in [0.5, 0.6) is 0 Å². The van der Waals surface area contributed by atoms with Gasteiger partial charge < -0.3 is 15.6 Å². The van der Waals surface area contributed by atoms with Gasteiger partial charge in [0.1, 0.15) is 0 Å². The molecule has 0 bridgehead atoms. The average Bonchev–Trinajstić information content (AvgIpc) is 2.20. The Balaban J connectivity index is 2.88. The number of halogens is 1. The lowest BCUT2D eigenvalue weighted by Gasteiger charge is -2.10. The fourth-order valence-electron chi connectivity index (χ4n) is 1.18. The van der Waals surface area contributed by atoms with Crippen molar-refractivity contribution < 1.29 is 9.84 Å². The van der Waals surface area contributed by atoms with Crippen LogP contribution in [0.25, 0.3) is 0 Å². The third-order valence-electron chi connectivity index (χ3n) is 1.98. The second-order valence-electron chi connectivity index (χ2n) is 3.04. The summed E-state index contributed by atoms with van der Waals surface area (Å²) in [4.78, 5) is 0. The van der Waals surface area contributed by atoms with Gasteiger partial charge in [-0.15, -0.1) is 0 Å². The highest BCUT2D eigenvalue weighted by Crippen LogP contribution is 2.22. The van der Waals surface area contributed by atoms with Gasteiger partial charge in [0.2, 0.25) is 0 Å². The van der Waals surface area contributed by atoms with E-state index in [0.29, 0.717) is 6.61 Å². The number of rotatable bonds is 4. The maximum absolute atomic E-state index is 9.50. The Morgan fingerprint density at radius 3 is 2.79 bits per heavy atom. The minimum atomic E-state index is -0.595. The normalized spacial score (nSPS) is 12.9. The predicted molar refractivity (Wildman–Crippen MR) is 58.9 cm³/mol. The zero-order valence-corrected chi connectivity index (χ0v) is 9.62. The third-order valence-corrected chi connectivity index (χ3v) is 2.72. The summed E-state index contributed by atoms with van der Waals surface area (Å²) in [6, 6.07) is 5.64. The van der Waals surface area contributed by atoms with Crippen molar-refractivity contribution in [1.82, 2.24) is 0 Å². The molecule has 0 aliphatic carbocycles. The van der Waals surface area contributed by atoms with Crippen molar-refractivity contribution in [2.45, 2.75) is 12.7 Å². The summed E-state index contributed by atoms with van der Waals surface area (Å²) in [5.41, 5.74) is 7.24. The first-order valence-corrected chi connectivity index (χ1v) is 5.13. The number of aliphatic hydroxyl groups excluding tert-OH is 1. The van der Waals surface area contributed by atoms with E-state index in [1.165, 1.54) is 0 Å². The van der Waals surface area contributed by atoms with E-state index < -0.39 is 6.10 Å². The Bertz CT molecular complexity index is 304. The van der Waals surface area contributed by atoms with E-state index in [-0.39, 0.29) is 6.54 Å². The third kappa shape index (κ3) is 2.78. The maximum atomic E-state index is 9.50. The number of nitrogens with two attached hydrogens (primary N) is 1. The molecular weight excluding hydrogens is 246 g/mol. The Kier molecular flexibility index (Phi) is 4.54. The molecule has 0 aliphatic rings. The zero-order valence-electron chi connectivity index (χ0n) is 8.03. The van der Waals surface area contributed by atoms with Crippen molar-refractivity contribution in [3.05, 3.63) is 33.8 Å². The lowest BCUT2D eigenvalue weighted by Crippen LogP contribution is -2.11. The zero-order chi connectivity index (χ0) is 10.6. The average molecular weight is 260 g/mol. The summed E-state index contributed by atoms with van der Waals surface area (Å²) in [5.74, 6) is 0. The summed E-state index contributed by atoms with van der Waals surface area (Å²) >= 11 is 3.41. The van der Waals surface area contributed by atoms with Crippen LogP contribution < -0.4 is 5.73 Å². The molecule has 1 rings (SSSR count). The van der Waals surface area contributed by atoms with Crippen molar-refractivity contribution >= 4 is 15.9 Å². The van der Waals surface area contributed by atoms with Crippen molar-refractivity contribution in [3.63, 3.8) is 0 Å². The molecule has 0 aromatic heterocycles. The van der Waals surface area contributed by atoms with Crippen LogP contribution in [0.1, 0.15) is 17.2 Å². The molecule has 0 amide bonds. The number of methoxy groups -OCH3 is 1. The number of aliphatic hydroxyl groups is 1. The van der Waals surface area contributed by atoms with Crippen molar-refractivity contribution in [3.8, 4) is 0 Å². The molecule has 1 unspecified atom stereocenters. The van der Waals surface area contributed by atoms with Crippen molar-refractivity contribution in [1.29, 1.82) is 0 Å². The molecular formula is C10H14BrNO2. The molecule has 1 aromatic carbocycles. The molecule has 0 saturated heterocycles. The summed E-state index contributed by atoms with van der Waals surface area (Å²) in [7, 11) is 1.65. The van der Waals surface area contributed by atoms with Gasteiger partial charge in [-0.25, -0.2) is 0 Å². The fraction of sp³-hybridized carbons (Fsp3) is 0.400. The summed E-state index contributed by atoms with van der Waals surface area (Å²) in [5, 5.41) is 9.50. The standard InChI is InChI=1S/C10H14BrNO2/c1-14-6-8-3-2-7(4-9(8)11)10(13)5-12/h2-4,10,13H,5-6,12H2,1H3. The largest absolute Gasteiger partial charge is 0.387 e. The molecule has 1 aromatic rings. The van der Waals surface area contributed by atoms with E-state index in [9.17, 15) is 5.11 Å². The van der Waals surface area contributed by atoms with Crippen LogP contribution >= 0.6 is 15.9 Å². The van der Waals surface area contributed by atoms with Crippen LogP contribution in [0.3, 0.4) is 0 Å². The van der Waals surface area contributed by atoms with Gasteiger partial charge in [0, 0.05) is 18.1 Å². The molecule has 78 valence electrons. The fourth-order valence-corrected chi connectivity index (χ4v) is 1.69. The van der Waals surface area contributed by atoms with Crippen molar-refractivity contribution in [2.75, 3.05) is 13.7 Å². The van der Waals surface area contributed by atoms with E-state index in [2.05, 4.69) is 15.9 Å². The van der Waals surface area contributed by atoms with Gasteiger partial charge >= 0.3 is 0 Å². The highest BCUT2D eigenvalue weighted by Gasteiger charge is 2.07. The Morgan fingerprint density at radius 1 is 1.57 bits per heavy atom. The predicted octanol–water partition coefficient (Wildman–Crippen LogP) is 1.59. The Labute approximate surface area is 92.0 Å². The highest BCUT2D eigenvalue weighted by molar-refractivity contribution is 9.10. The van der Waals surface area contributed by atoms with E-state index in [1.54, 1.807) is 7.11 Å². The van der Waals surface area contributed by atoms with E-state index in [0.717, 1.165) is 15.6 Å². The lowest BCUT2D eigenvalue weighted by atomic mass is 10.1. The first kappa shape index (κ1) is 11.7. The van der Waals surface area contributed by atoms with Crippen LogP contribution in [0.2, 0.25) is 0 Å². The van der Waals surface area contributed by atoms with Gasteiger partial charge in [-0.2, -0.15) is 0 Å². The molecule has 14 heavy (non-hydrogen) atoms. The molecule has 0 radical (unpaired) electrons. The molecule has 0 fully saturated rings. The van der Waals surface area contributed by atoms with Gasteiger partial charge in [0.15, 0.2) is 0 Å². The number of benzene rings is 1. The van der Waals surface area contributed by atoms with E-state index >= 15 is 0 Å². The number of hydrogen-bond acceptors (Lipinski definition) is 3. The minimum Gasteiger partial charge on any atom is -0.387 e. The van der Waals surface area contributed by atoms with Gasteiger partial charge in [-0.3, -0.25) is 0 Å². The molecule has 3 nitrogen and oxygen atoms in total. The van der Waals surface area contributed by atoms with Gasteiger partial charge in [0.25, 0.3) is 0 Å². The van der Waals surface area contributed by atoms with E-state index in [1.807, 2.05) is 18.2 Å². The summed E-state index contributed by atoms with van der Waals surface area (Å²) in [6.45, 7) is 0.787. The molecule has 1 atom stereocenters. The Morgan fingerprint density at radius 2 is 2.29 bits per heavy atom. The number of hydrogen-bond donors (Lipinski definition) is 2. The van der Waals surface area contributed by atoms with Gasteiger partial charge in [0.05, 0.1) is 12.7 Å². The summed E-state index contributed by atoms with van der Waals surface area (Å²) < 4.78 is 5.95. The second kappa shape index (κ2) is 5.46.